The van der Waals surface area contributed by atoms with Crippen molar-refractivity contribution in [2.45, 2.75) is 25.2 Å². The van der Waals surface area contributed by atoms with Gasteiger partial charge in [0.1, 0.15) is 6.29 Å². The first-order valence-corrected chi connectivity index (χ1v) is 4.29. The molecule has 3 nitrogen and oxygen atoms in total. The highest BCUT2D eigenvalue weighted by atomic mass is 16.1. The van der Waals surface area contributed by atoms with E-state index in [2.05, 4.69) is 5.10 Å². The number of carbonyl (C=O) groups is 1. The van der Waals surface area contributed by atoms with Crippen LogP contribution < -0.4 is 0 Å². The number of carbonyl (C=O) groups excluding carboxylic acids is 1. The molecule has 1 atom stereocenters. The van der Waals surface area contributed by atoms with Crippen molar-refractivity contribution in [3.8, 4) is 0 Å². The number of hydrogen-bond acceptors (Lipinski definition) is 2. The lowest BCUT2D eigenvalue weighted by molar-refractivity contribution is -0.109. The molecule has 1 unspecified atom stereocenters. The topological polar surface area (TPSA) is 34.9 Å². The molecule has 0 spiro atoms. The lowest BCUT2D eigenvalue weighted by Crippen LogP contribution is -2.08. The van der Waals surface area contributed by atoms with Crippen LogP contribution in [0.25, 0.3) is 0 Å². The second-order valence-corrected chi connectivity index (χ2v) is 3.34. The van der Waals surface area contributed by atoms with E-state index in [0.29, 0.717) is 0 Å². The maximum atomic E-state index is 10.7. The lowest BCUT2D eigenvalue weighted by atomic mass is 9.88. The predicted molar refractivity (Wildman–Crippen MR) is 45.0 cm³/mol. The van der Waals surface area contributed by atoms with Gasteiger partial charge in [0.15, 0.2) is 0 Å². The van der Waals surface area contributed by atoms with Crippen LogP contribution in [-0.2, 0) is 18.3 Å². The third kappa shape index (κ3) is 1.05. The summed E-state index contributed by atoms with van der Waals surface area (Å²) in [6.07, 6.45) is 6.11. The van der Waals surface area contributed by atoms with Gasteiger partial charge in [-0.25, -0.2) is 0 Å². The molecule has 1 aliphatic rings. The van der Waals surface area contributed by atoms with Crippen LogP contribution >= 0.6 is 0 Å². The van der Waals surface area contributed by atoms with Crippen molar-refractivity contribution in [2.75, 3.05) is 0 Å². The van der Waals surface area contributed by atoms with Crippen LogP contribution in [0.15, 0.2) is 6.20 Å². The minimum Gasteiger partial charge on any atom is -0.303 e. The summed E-state index contributed by atoms with van der Waals surface area (Å²) in [5.74, 6) is 0.0995. The molecular formula is C9H12N2O. The van der Waals surface area contributed by atoms with Gasteiger partial charge in [0.05, 0.1) is 5.69 Å². The van der Waals surface area contributed by atoms with E-state index in [1.807, 2.05) is 13.2 Å². The molecule has 12 heavy (non-hydrogen) atoms. The largest absolute Gasteiger partial charge is 0.303 e. The fourth-order valence-electron chi connectivity index (χ4n) is 1.84. The zero-order chi connectivity index (χ0) is 8.55. The van der Waals surface area contributed by atoms with Gasteiger partial charge in [0.25, 0.3) is 0 Å². The van der Waals surface area contributed by atoms with Crippen LogP contribution in [0.1, 0.15) is 30.0 Å². The van der Waals surface area contributed by atoms with Gasteiger partial charge in [0.2, 0.25) is 0 Å². The first-order chi connectivity index (χ1) is 5.81. The zero-order valence-corrected chi connectivity index (χ0v) is 7.16. The van der Waals surface area contributed by atoms with Crippen LogP contribution in [0.5, 0.6) is 0 Å². The Labute approximate surface area is 71.4 Å². The van der Waals surface area contributed by atoms with Crippen LogP contribution in [0, 0.1) is 0 Å². The smallest absolute Gasteiger partial charge is 0.127 e. The molecular weight excluding hydrogens is 152 g/mol. The molecule has 0 aliphatic heterocycles. The second kappa shape index (κ2) is 2.73. The molecule has 0 aromatic carbocycles. The van der Waals surface area contributed by atoms with Gasteiger partial charge in [-0.3, -0.25) is 4.68 Å². The van der Waals surface area contributed by atoms with E-state index in [0.717, 1.165) is 36.8 Å². The average Bonchev–Trinajstić information content (AvgIpc) is 2.44. The van der Waals surface area contributed by atoms with Crippen molar-refractivity contribution in [1.82, 2.24) is 9.78 Å². The van der Waals surface area contributed by atoms with E-state index in [9.17, 15) is 4.79 Å². The molecule has 0 saturated carbocycles. The summed E-state index contributed by atoms with van der Waals surface area (Å²) < 4.78 is 1.80. The normalized spacial score (nSPS) is 21.9. The number of fused-ring (bicyclic) bond motifs is 1. The predicted octanol–water partition coefficient (Wildman–Crippen LogP) is 1.04. The number of nitrogens with zero attached hydrogens (tertiary/aromatic N) is 2. The fraction of sp³-hybridized carbons (Fsp3) is 0.556. The molecule has 1 heterocycles. The summed E-state index contributed by atoms with van der Waals surface area (Å²) in [5, 5.41) is 4.31. The van der Waals surface area contributed by atoms with E-state index in [1.54, 1.807) is 4.68 Å². The molecule has 0 amide bonds. The van der Waals surface area contributed by atoms with E-state index in [1.165, 1.54) is 0 Å². The summed E-state index contributed by atoms with van der Waals surface area (Å²) in [6.45, 7) is 0. The molecule has 1 aliphatic carbocycles. The van der Waals surface area contributed by atoms with Crippen molar-refractivity contribution >= 4 is 6.29 Å². The SMILES string of the molecule is Cn1cc2c(n1)CCCC2C=O. The number of rotatable bonds is 1. The molecule has 0 saturated heterocycles. The van der Waals surface area contributed by atoms with Crippen molar-refractivity contribution in [3.05, 3.63) is 17.5 Å². The first-order valence-electron chi connectivity index (χ1n) is 4.29. The van der Waals surface area contributed by atoms with Crippen LogP contribution in [0.3, 0.4) is 0 Å². The van der Waals surface area contributed by atoms with Crippen molar-refractivity contribution in [1.29, 1.82) is 0 Å². The Morgan fingerprint density at radius 3 is 3.33 bits per heavy atom. The van der Waals surface area contributed by atoms with E-state index in [-0.39, 0.29) is 5.92 Å². The Bertz CT molecular complexity index is 303. The number of hydrogen-bond donors (Lipinski definition) is 0. The average molecular weight is 164 g/mol. The summed E-state index contributed by atoms with van der Waals surface area (Å²) in [7, 11) is 1.90. The Morgan fingerprint density at radius 1 is 1.75 bits per heavy atom. The van der Waals surface area contributed by atoms with Crippen molar-refractivity contribution in [3.63, 3.8) is 0 Å². The molecule has 0 bridgehead atoms. The molecule has 1 aromatic rings. The minimum atomic E-state index is 0.0995. The molecule has 0 fully saturated rings. The molecule has 64 valence electrons. The fourth-order valence-corrected chi connectivity index (χ4v) is 1.84. The summed E-state index contributed by atoms with van der Waals surface area (Å²) in [5.41, 5.74) is 2.25. The van der Waals surface area contributed by atoms with Crippen LogP contribution in [-0.4, -0.2) is 16.1 Å². The standard InChI is InChI=1S/C9H12N2O/c1-11-5-8-7(6-12)3-2-4-9(8)10-11/h5-7H,2-4H2,1H3. The Hall–Kier alpha value is -1.12. The Morgan fingerprint density at radius 2 is 2.58 bits per heavy atom. The van der Waals surface area contributed by atoms with Crippen LogP contribution in [0.2, 0.25) is 0 Å². The van der Waals surface area contributed by atoms with Gasteiger partial charge in [-0.1, -0.05) is 0 Å². The van der Waals surface area contributed by atoms with Gasteiger partial charge < -0.3 is 4.79 Å². The van der Waals surface area contributed by atoms with Gasteiger partial charge in [-0.15, -0.1) is 0 Å². The highest BCUT2D eigenvalue weighted by molar-refractivity contribution is 5.63. The third-order valence-corrected chi connectivity index (χ3v) is 2.43. The summed E-state index contributed by atoms with van der Waals surface area (Å²) in [4.78, 5) is 10.7. The monoisotopic (exact) mass is 164 g/mol. The molecule has 2 rings (SSSR count). The number of aryl methyl sites for hydroxylation is 2. The Kier molecular flexibility index (Phi) is 1.71. The second-order valence-electron chi connectivity index (χ2n) is 3.34. The van der Waals surface area contributed by atoms with E-state index < -0.39 is 0 Å². The maximum Gasteiger partial charge on any atom is 0.127 e. The Balaban J connectivity index is 2.43. The quantitative estimate of drug-likeness (QED) is 0.581. The summed E-state index contributed by atoms with van der Waals surface area (Å²) >= 11 is 0. The number of aldehydes is 1. The maximum absolute atomic E-state index is 10.7. The summed E-state index contributed by atoms with van der Waals surface area (Å²) in [6, 6.07) is 0. The highest BCUT2D eigenvalue weighted by Gasteiger charge is 2.21. The number of aromatic nitrogens is 2. The highest BCUT2D eigenvalue weighted by Crippen LogP contribution is 2.28. The molecule has 3 heteroatoms. The third-order valence-electron chi connectivity index (χ3n) is 2.43. The van der Waals surface area contributed by atoms with Gasteiger partial charge in [0, 0.05) is 24.7 Å². The van der Waals surface area contributed by atoms with E-state index in [4.69, 9.17) is 0 Å². The minimum absolute atomic E-state index is 0.0995. The zero-order valence-electron chi connectivity index (χ0n) is 7.16. The van der Waals surface area contributed by atoms with Crippen molar-refractivity contribution in [2.24, 2.45) is 7.05 Å². The van der Waals surface area contributed by atoms with E-state index >= 15 is 0 Å². The van der Waals surface area contributed by atoms with Gasteiger partial charge in [-0.05, 0) is 19.3 Å². The molecule has 1 aromatic heterocycles. The first kappa shape index (κ1) is 7.53. The van der Waals surface area contributed by atoms with Crippen LogP contribution in [0.4, 0.5) is 0 Å². The molecule has 0 N–H and O–H groups in total. The lowest BCUT2D eigenvalue weighted by Gasteiger charge is -2.14. The van der Waals surface area contributed by atoms with Crippen molar-refractivity contribution < 1.29 is 4.79 Å². The van der Waals surface area contributed by atoms with Gasteiger partial charge >= 0.3 is 0 Å². The molecule has 0 radical (unpaired) electrons. The van der Waals surface area contributed by atoms with Gasteiger partial charge in [-0.2, -0.15) is 5.10 Å².